The Balaban J connectivity index is 1.93. The molecule has 0 bridgehead atoms. The van der Waals surface area contributed by atoms with Crippen LogP contribution in [-0.4, -0.2) is 25.0 Å². The van der Waals surface area contributed by atoms with Gasteiger partial charge in [0.25, 0.3) is 5.56 Å². The Bertz CT molecular complexity index is 1370. The molecule has 164 valence electrons. The Labute approximate surface area is 184 Å². The summed E-state index contributed by atoms with van der Waals surface area (Å²) in [5, 5.41) is 2.75. The Hall–Kier alpha value is -3.94. The molecule has 4 rings (SSSR count). The predicted octanol–water partition coefficient (Wildman–Crippen LogP) is 3.36. The van der Waals surface area contributed by atoms with E-state index < -0.39 is 11.2 Å². The number of anilines is 1. The highest BCUT2D eigenvalue weighted by atomic mass is 16.2. The number of unbranched alkanes of at least 4 members (excludes halogenated alkanes) is 1. The number of fused-ring (bicyclic) bond motifs is 1. The minimum atomic E-state index is -0.456. The summed E-state index contributed by atoms with van der Waals surface area (Å²) in [4.78, 5) is 44.0. The third-order valence-corrected chi connectivity index (χ3v) is 5.27. The standard InChI is InChI=1S/C24H25N5O3/c1-3-4-14-28-22-20(23(31)27-24(28)32)29(15-17-8-6-5-7-9-17)21(26-22)18-10-12-19(13-11-18)25-16(2)30/h5-13H,3-4,14-15H2,1-2H3,(H,25,30)(H,27,31,32). The minimum absolute atomic E-state index is 0.152. The smallest absolute Gasteiger partial charge is 0.326 e. The predicted molar refractivity (Wildman–Crippen MR) is 125 cm³/mol. The van der Waals surface area contributed by atoms with Crippen LogP contribution in [0.15, 0.2) is 64.2 Å². The van der Waals surface area contributed by atoms with Crippen LogP contribution >= 0.6 is 0 Å². The average molecular weight is 431 g/mol. The van der Waals surface area contributed by atoms with E-state index in [9.17, 15) is 14.4 Å². The molecular weight excluding hydrogens is 406 g/mol. The molecule has 0 saturated heterocycles. The highest BCUT2D eigenvalue weighted by Crippen LogP contribution is 2.25. The van der Waals surface area contributed by atoms with E-state index >= 15 is 0 Å². The number of rotatable bonds is 7. The zero-order valence-electron chi connectivity index (χ0n) is 18.1. The van der Waals surface area contributed by atoms with E-state index in [4.69, 9.17) is 4.98 Å². The summed E-state index contributed by atoms with van der Waals surface area (Å²) in [6.45, 7) is 4.40. The Morgan fingerprint density at radius 2 is 1.75 bits per heavy atom. The van der Waals surface area contributed by atoms with Gasteiger partial charge in [0.05, 0.1) is 0 Å². The average Bonchev–Trinajstić information content (AvgIpc) is 3.14. The van der Waals surface area contributed by atoms with E-state index in [1.54, 1.807) is 12.1 Å². The van der Waals surface area contributed by atoms with Gasteiger partial charge in [-0.3, -0.25) is 19.1 Å². The number of amides is 1. The first kappa shape index (κ1) is 21.3. The van der Waals surface area contributed by atoms with Crippen LogP contribution in [0.3, 0.4) is 0 Å². The van der Waals surface area contributed by atoms with Crippen molar-refractivity contribution in [3.8, 4) is 11.4 Å². The van der Waals surface area contributed by atoms with Crippen LogP contribution in [0.5, 0.6) is 0 Å². The van der Waals surface area contributed by atoms with Crippen molar-refractivity contribution >= 4 is 22.8 Å². The molecule has 0 aliphatic heterocycles. The van der Waals surface area contributed by atoms with E-state index in [-0.39, 0.29) is 5.91 Å². The number of aromatic nitrogens is 4. The van der Waals surface area contributed by atoms with Gasteiger partial charge in [-0.05, 0) is 36.2 Å². The number of H-pyrrole nitrogens is 1. The zero-order valence-corrected chi connectivity index (χ0v) is 18.1. The lowest BCUT2D eigenvalue weighted by Gasteiger charge is -2.10. The molecule has 1 amide bonds. The number of nitrogens with zero attached hydrogens (tertiary/aromatic N) is 3. The van der Waals surface area contributed by atoms with Gasteiger partial charge in [0.2, 0.25) is 5.91 Å². The van der Waals surface area contributed by atoms with E-state index in [1.807, 2.05) is 54.0 Å². The van der Waals surface area contributed by atoms with Gasteiger partial charge in [0.15, 0.2) is 11.2 Å². The van der Waals surface area contributed by atoms with E-state index in [0.29, 0.717) is 35.8 Å². The maximum absolute atomic E-state index is 12.9. The minimum Gasteiger partial charge on any atom is -0.326 e. The molecule has 8 heteroatoms. The maximum Gasteiger partial charge on any atom is 0.330 e. The molecule has 2 aromatic carbocycles. The molecule has 4 aromatic rings. The van der Waals surface area contributed by atoms with Gasteiger partial charge in [-0.1, -0.05) is 43.7 Å². The van der Waals surface area contributed by atoms with Gasteiger partial charge < -0.3 is 9.88 Å². The Morgan fingerprint density at radius 1 is 1.03 bits per heavy atom. The number of hydrogen-bond donors (Lipinski definition) is 2. The second kappa shape index (κ2) is 9.05. The van der Waals surface area contributed by atoms with E-state index in [2.05, 4.69) is 10.3 Å². The van der Waals surface area contributed by atoms with E-state index in [1.165, 1.54) is 11.5 Å². The topological polar surface area (TPSA) is 102 Å². The molecule has 0 atom stereocenters. The molecule has 0 saturated carbocycles. The fraction of sp³-hybridized carbons (Fsp3) is 0.250. The van der Waals surface area contributed by atoms with Crippen LogP contribution in [-0.2, 0) is 17.9 Å². The molecule has 0 aliphatic carbocycles. The summed E-state index contributed by atoms with van der Waals surface area (Å²) in [7, 11) is 0. The fourth-order valence-corrected chi connectivity index (χ4v) is 3.74. The monoisotopic (exact) mass is 431 g/mol. The van der Waals surface area contributed by atoms with Crippen molar-refractivity contribution < 1.29 is 4.79 Å². The van der Waals surface area contributed by atoms with Crippen molar-refractivity contribution in [1.82, 2.24) is 19.1 Å². The summed E-state index contributed by atoms with van der Waals surface area (Å²) in [5.74, 6) is 0.431. The molecule has 0 aliphatic rings. The summed E-state index contributed by atoms with van der Waals surface area (Å²) < 4.78 is 3.38. The third-order valence-electron chi connectivity index (χ3n) is 5.27. The molecule has 2 heterocycles. The Kier molecular flexibility index (Phi) is 6.02. The van der Waals surface area contributed by atoms with Crippen LogP contribution in [0.2, 0.25) is 0 Å². The summed E-state index contributed by atoms with van der Waals surface area (Å²) >= 11 is 0. The molecule has 32 heavy (non-hydrogen) atoms. The number of carbonyl (C=O) groups excluding carboxylic acids is 1. The van der Waals surface area contributed by atoms with Crippen molar-refractivity contribution in [2.24, 2.45) is 0 Å². The number of benzene rings is 2. The van der Waals surface area contributed by atoms with Gasteiger partial charge in [-0.2, -0.15) is 0 Å². The van der Waals surface area contributed by atoms with Gasteiger partial charge in [-0.15, -0.1) is 0 Å². The maximum atomic E-state index is 12.9. The summed E-state index contributed by atoms with van der Waals surface area (Å²) in [6.07, 6.45) is 1.71. The van der Waals surface area contributed by atoms with Gasteiger partial charge in [0, 0.05) is 31.3 Å². The third kappa shape index (κ3) is 4.25. The normalized spacial score (nSPS) is 11.1. The number of aromatic amines is 1. The second-order valence-electron chi connectivity index (χ2n) is 7.70. The lowest BCUT2D eigenvalue weighted by molar-refractivity contribution is -0.114. The van der Waals surface area contributed by atoms with Crippen molar-refractivity contribution in [3.63, 3.8) is 0 Å². The molecule has 2 aromatic heterocycles. The zero-order chi connectivity index (χ0) is 22.7. The van der Waals surface area contributed by atoms with Crippen LogP contribution in [0, 0.1) is 0 Å². The van der Waals surface area contributed by atoms with Gasteiger partial charge >= 0.3 is 5.69 Å². The number of nitrogens with one attached hydrogen (secondary N) is 2. The van der Waals surface area contributed by atoms with Crippen molar-refractivity contribution in [3.05, 3.63) is 81.0 Å². The molecule has 8 nitrogen and oxygen atoms in total. The number of hydrogen-bond acceptors (Lipinski definition) is 4. The van der Waals surface area contributed by atoms with Crippen LogP contribution < -0.4 is 16.6 Å². The SMILES string of the molecule is CCCCn1c(=O)[nH]c(=O)c2c1nc(-c1ccc(NC(C)=O)cc1)n2Cc1ccccc1. The highest BCUT2D eigenvalue weighted by molar-refractivity contribution is 5.89. The summed E-state index contributed by atoms with van der Waals surface area (Å²) in [6, 6.07) is 17.1. The molecule has 0 spiro atoms. The number of aryl methyl sites for hydroxylation is 1. The number of carbonyl (C=O) groups is 1. The fourth-order valence-electron chi connectivity index (χ4n) is 3.74. The van der Waals surface area contributed by atoms with Gasteiger partial charge in [-0.25, -0.2) is 9.78 Å². The van der Waals surface area contributed by atoms with Crippen LogP contribution in [0.1, 0.15) is 32.3 Å². The molecular formula is C24H25N5O3. The lowest BCUT2D eigenvalue weighted by Crippen LogP contribution is -2.31. The molecule has 0 unspecified atom stereocenters. The first-order valence-electron chi connectivity index (χ1n) is 10.6. The molecule has 0 fully saturated rings. The Morgan fingerprint density at radius 3 is 2.41 bits per heavy atom. The quantitative estimate of drug-likeness (QED) is 0.468. The number of imidazole rings is 1. The van der Waals surface area contributed by atoms with Crippen molar-refractivity contribution in [2.45, 2.75) is 39.8 Å². The van der Waals surface area contributed by atoms with Gasteiger partial charge in [0.1, 0.15) is 5.82 Å². The second-order valence-corrected chi connectivity index (χ2v) is 7.70. The molecule has 0 radical (unpaired) electrons. The van der Waals surface area contributed by atoms with E-state index in [0.717, 1.165) is 24.0 Å². The van der Waals surface area contributed by atoms with Crippen LogP contribution in [0.4, 0.5) is 5.69 Å². The lowest BCUT2D eigenvalue weighted by atomic mass is 10.1. The molecule has 2 N–H and O–H groups in total. The van der Waals surface area contributed by atoms with Crippen LogP contribution in [0.25, 0.3) is 22.6 Å². The van der Waals surface area contributed by atoms with Crippen molar-refractivity contribution in [1.29, 1.82) is 0 Å². The summed E-state index contributed by atoms with van der Waals surface area (Å²) in [5.41, 5.74) is 2.29. The largest absolute Gasteiger partial charge is 0.330 e. The first-order valence-corrected chi connectivity index (χ1v) is 10.6. The van der Waals surface area contributed by atoms with Crippen molar-refractivity contribution in [2.75, 3.05) is 5.32 Å². The first-order chi connectivity index (χ1) is 15.5. The highest BCUT2D eigenvalue weighted by Gasteiger charge is 2.20.